The highest BCUT2D eigenvalue weighted by Gasteiger charge is 1.96. The van der Waals surface area contributed by atoms with Crippen LogP contribution in [0.4, 0.5) is 0 Å². The van der Waals surface area contributed by atoms with Crippen LogP contribution in [0, 0.1) is 0 Å². The first-order chi connectivity index (χ1) is 7.97. The summed E-state index contributed by atoms with van der Waals surface area (Å²) in [5.41, 5.74) is 2.43. The van der Waals surface area contributed by atoms with E-state index in [0.717, 1.165) is 0 Å². The summed E-state index contributed by atoms with van der Waals surface area (Å²) < 4.78 is 0. The quantitative estimate of drug-likeness (QED) is 0.557. The van der Waals surface area contributed by atoms with Crippen LogP contribution in [0.2, 0.25) is 0 Å². The molecule has 0 N–H and O–H groups in total. The van der Waals surface area contributed by atoms with Gasteiger partial charge in [0.05, 0.1) is 0 Å². The molecule has 78 valence electrons. The van der Waals surface area contributed by atoms with Crippen molar-refractivity contribution in [1.29, 1.82) is 0 Å². The van der Waals surface area contributed by atoms with Gasteiger partial charge in [-0.25, -0.2) is 0 Å². The molecule has 0 unspecified atom stereocenters. The Morgan fingerprint density at radius 1 is 0.375 bits per heavy atom. The number of hydrogen-bond donors (Lipinski definition) is 0. The second-order valence-electron chi connectivity index (χ2n) is 3.50. The Morgan fingerprint density at radius 2 is 0.750 bits per heavy atom. The third kappa shape index (κ3) is 2.96. The summed E-state index contributed by atoms with van der Waals surface area (Å²) >= 11 is 0. The van der Waals surface area contributed by atoms with Gasteiger partial charge in [-0.05, 0) is 11.1 Å². The lowest BCUT2D eigenvalue weighted by Crippen LogP contribution is -1.82. The Morgan fingerprint density at radius 3 is 1.25 bits per heavy atom. The second kappa shape index (κ2) is 5.72. The SMILES string of the molecule is C1=C\C=C/C2=C/C=C\C=C/C=C\C2=C\C=C/1. The van der Waals surface area contributed by atoms with Gasteiger partial charge in [-0.3, -0.25) is 0 Å². The first kappa shape index (κ1) is 10.4. The lowest BCUT2D eigenvalue weighted by molar-refractivity contribution is 1.54. The van der Waals surface area contributed by atoms with E-state index in [0.29, 0.717) is 0 Å². The molecule has 0 aliphatic heterocycles. The molecule has 0 aromatic carbocycles. The van der Waals surface area contributed by atoms with E-state index in [4.69, 9.17) is 0 Å². The highest BCUT2D eigenvalue weighted by molar-refractivity contribution is 5.52. The van der Waals surface area contributed by atoms with Crippen molar-refractivity contribution in [1.82, 2.24) is 0 Å². The van der Waals surface area contributed by atoms with Crippen molar-refractivity contribution in [2.75, 3.05) is 0 Å². The molecule has 16 heavy (non-hydrogen) atoms. The zero-order valence-electron chi connectivity index (χ0n) is 9.08. The van der Waals surface area contributed by atoms with Gasteiger partial charge in [0, 0.05) is 0 Å². The van der Waals surface area contributed by atoms with Crippen LogP contribution in [-0.2, 0) is 0 Å². The minimum Gasteiger partial charge on any atom is -0.0623 e. The van der Waals surface area contributed by atoms with Crippen LogP contribution in [-0.4, -0.2) is 0 Å². The van der Waals surface area contributed by atoms with Crippen LogP contribution < -0.4 is 0 Å². The van der Waals surface area contributed by atoms with E-state index in [1.807, 2.05) is 36.5 Å². The van der Waals surface area contributed by atoms with Gasteiger partial charge in [0.1, 0.15) is 0 Å². The molecule has 0 aromatic rings. The molecule has 0 nitrogen and oxygen atoms in total. The van der Waals surface area contributed by atoms with Crippen LogP contribution in [0.5, 0.6) is 0 Å². The lowest BCUT2D eigenvalue weighted by atomic mass is 10.0. The van der Waals surface area contributed by atoms with Crippen LogP contribution in [0.15, 0.2) is 96.2 Å². The molecule has 0 saturated heterocycles. The lowest BCUT2D eigenvalue weighted by Gasteiger charge is -2.01. The molecule has 2 aliphatic rings. The molecule has 0 radical (unpaired) electrons. The number of allylic oxidation sites excluding steroid dienone is 16. The summed E-state index contributed by atoms with van der Waals surface area (Å²) in [7, 11) is 0. The predicted molar refractivity (Wildman–Crippen MR) is 71.0 cm³/mol. The fraction of sp³-hybridized carbons (Fsp3) is 0. The Bertz CT molecular complexity index is 426. The molecular formula is C16H14. The van der Waals surface area contributed by atoms with Crippen molar-refractivity contribution in [3.63, 3.8) is 0 Å². The number of hydrogen-bond acceptors (Lipinski definition) is 0. The van der Waals surface area contributed by atoms with Crippen molar-refractivity contribution < 1.29 is 0 Å². The largest absolute Gasteiger partial charge is 0.0623 e. The zero-order valence-corrected chi connectivity index (χ0v) is 9.08. The van der Waals surface area contributed by atoms with Crippen LogP contribution in [0.3, 0.4) is 0 Å². The van der Waals surface area contributed by atoms with E-state index in [9.17, 15) is 0 Å². The van der Waals surface area contributed by atoms with E-state index in [-0.39, 0.29) is 0 Å². The molecule has 0 aromatic heterocycles. The highest BCUT2D eigenvalue weighted by Crippen LogP contribution is 2.16. The minimum atomic E-state index is 1.22. The fourth-order valence-corrected chi connectivity index (χ4v) is 1.52. The summed E-state index contributed by atoms with van der Waals surface area (Å²) in [4.78, 5) is 0. The van der Waals surface area contributed by atoms with Crippen molar-refractivity contribution >= 4 is 0 Å². The zero-order chi connectivity index (χ0) is 11.1. The molecule has 0 spiro atoms. The average Bonchev–Trinajstić information content (AvgIpc) is 2.46. The van der Waals surface area contributed by atoms with Crippen LogP contribution in [0.25, 0.3) is 0 Å². The summed E-state index contributed by atoms with van der Waals surface area (Å²) in [6.45, 7) is 0. The first-order valence-corrected chi connectivity index (χ1v) is 5.40. The van der Waals surface area contributed by atoms with Gasteiger partial charge < -0.3 is 0 Å². The Kier molecular flexibility index (Phi) is 3.73. The van der Waals surface area contributed by atoms with E-state index >= 15 is 0 Å². The highest BCUT2D eigenvalue weighted by atomic mass is 14.0. The van der Waals surface area contributed by atoms with Crippen molar-refractivity contribution in [2.24, 2.45) is 0 Å². The summed E-state index contributed by atoms with van der Waals surface area (Å²) in [5.74, 6) is 0. The molecule has 0 fully saturated rings. The minimum absolute atomic E-state index is 1.22. The molecular weight excluding hydrogens is 192 g/mol. The maximum Gasteiger partial charge on any atom is -0.0184 e. The Balaban J connectivity index is 2.46. The third-order valence-electron chi connectivity index (χ3n) is 2.33. The first-order valence-electron chi connectivity index (χ1n) is 5.40. The maximum absolute atomic E-state index is 2.12. The molecule has 0 atom stereocenters. The Hall–Kier alpha value is -2.08. The monoisotopic (exact) mass is 206 g/mol. The third-order valence-corrected chi connectivity index (χ3v) is 2.33. The molecule has 0 bridgehead atoms. The van der Waals surface area contributed by atoms with Crippen LogP contribution in [0.1, 0.15) is 0 Å². The van der Waals surface area contributed by atoms with Crippen LogP contribution >= 0.6 is 0 Å². The van der Waals surface area contributed by atoms with Gasteiger partial charge in [-0.15, -0.1) is 0 Å². The topological polar surface area (TPSA) is 0 Å². The number of fused-ring (bicyclic) bond motifs is 1. The van der Waals surface area contributed by atoms with Gasteiger partial charge in [0.25, 0.3) is 0 Å². The smallest absolute Gasteiger partial charge is 0.0184 e. The predicted octanol–water partition coefficient (Wildman–Crippen LogP) is 4.20. The van der Waals surface area contributed by atoms with Gasteiger partial charge in [-0.1, -0.05) is 85.1 Å². The van der Waals surface area contributed by atoms with Gasteiger partial charge in [0.2, 0.25) is 0 Å². The number of rotatable bonds is 0. The molecule has 0 saturated carbocycles. The average molecular weight is 206 g/mol. The molecule has 0 amide bonds. The molecule has 2 aliphatic carbocycles. The van der Waals surface area contributed by atoms with E-state index < -0.39 is 0 Å². The van der Waals surface area contributed by atoms with Gasteiger partial charge in [-0.2, -0.15) is 0 Å². The van der Waals surface area contributed by atoms with Crippen molar-refractivity contribution in [2.45, 2.75) is 0 Å². The summed E-state index contributed by atoms with van der Waals surface area (Å²) in [5, 5.41) is 0. The molecule has 2 rings (SSSR count). The normalized spacial score (nSPS) is 37.0. The van der Waals surface area contributed by atoms with E-state index in [2.05, 4.69) is 48.6 Å². The maximum atomic E-state index is 2.12. The second-order valence-corrected chi connectivity index (χ2v) is 3.50. The summed E-state index contributed by atoms with van der Waals surface area (Å²) in [6.07, 6.45) is 28.9. The van der Waals surface area contributed by atoms with Gasteiger partial charge in [0.15, 0.2) is 0 Å². The molecule has 0 heteroatoms. The van der Waals surface area contributed by atoms with Crippen molar-refractivity contribution in [3.8, 4) is 0 Å². The molecule has 0 heterocycles. The summed E-state index contributed by atoms with van der Waals surface area (Å²) in [6, 6.07) is 0. The van der Waals surface area contributed by atoms with Crippen molar-refractivity contribution in [3.05, 3.63) is 96.2 Å². The standard InChI is InChI=1S/C16H14/c1-3-7-11-15-13-9-5-2-6-10-14-16(15)12-8-4-1/h1-14H/b3-1-,4-1?,5-2?,6-2-,7-3?,8-4-,9-5-,10-6?,11-7-,12-8?,13-9?,14-10-,15-11?,15-13-,16-12-,16-14?. The van der Waals surface area contributed by atoms with E-state index in [1.165, 1.54) is 11.1 Å². The Labute approximate surface area is 96.7 Å². The van der Waals surface area contributed by atoms with E-state index in [1.54, 1.807) is 0 Å². The fourth-order valence-electron chi connectivity index (χ4n) is 1.52. The van der Waals surface area contributed by atoms with Gasteiger partial charge >= 0.3 is 0 Å².